The number of amides is 2. The van der Waals surface area contributed by atoms with Crippen LogP contribution in [0.25, 0.3) is 0 Å². The zero-order valence-corrected chi connectivity index (χ0v) is 17.5. The molecular weight excluding hydrogens is 378 g/mol. The fraction of sp³-hybridized carbons (Fsp3) is 0.600. The molecule has 7 nitrogen and oxygen atoms in total. The summed E-state index contributed by atoms with van der Waals surface area (Å²) in [5.74, 6) is 0.541. The molecule has 154 valence electrons. The lowest BCUT2D eigenvalue weighted by Gasteiger charge is -2.33. The Hall–Kier alpha value is -1.93. The highest BCUT2D eigenvalue weighted by Gasteiger charge is 2.30. The number of piperazine rings is 1. The number of sulfonamides is 1. The third-order valence-electron chi connectivity index (χ3n) is 5.38. The number of carbonyl (C=O) groups is 2. The Morgan fingerprint density at radius 1 is 1.07 bits per heavy atom. The maximum atomic E-state index is 12.9. The van der Waals surface area contributed by atoms with Crippen molar-refractivity contribution in [3.63, 3.8) is 0 Å². The minimum atomic E-state index is -3.62. The number of hydrogen-bond acceptors (Lipinski definition) is 4. The standard InChI is InChI=1S/C20H29N3O4S/c1-3-10-22(15-17-4-5-17)20(25)18-6-8-19(9-7-18)28(26,27)23-13-11-21(12-14-23)16(2)24/h6-9,17H,3-5,10-15H2,1-2H3. The Morgan fingerprint density at radius 2 is 1.68 bits per heavy atom. The molecule has 0 N–H and O–H groups in total. The summed E-state index contributed by atoms with van der Waals surface area (Å²) >= 11 is 0. The predicted molar refractivity (Wildman–Crippen MR) is 106 cm³/mol. The van der Waals surface area contributed by atoms with Crippen LogP contribution in [0.5, 0.6) is 0 Å². The second-order valence-electron chi connectivity index (χ2n) is 7.63. The van der Waals surface area contributed by atoms with Gasteiger partial charge in [0.2, 0.25) is 15.9 Å². The quantitative estimate of drug-likeness (QED) is 0.691. The molecule has 2 aliphatic rings. The summed E-state index contributed by atoms with van der Waals surface area (Å²) in [4.78, 5) is 27.9. The summed E-state index contributed by atoms with van der Waals surface area (Å²) in [5.41, 5.74) is 0.523. The molecule has 0 aromatic heterocycles. The van der Waals surface area contributed by atoms with Gasteiger partial charge in [-0.3, -0.25) is 9.59 Å². The highest BCUT2D eigenvalue weighted by atomic mass is 32.2. The van der Waals surface area contributed by atoms with Gasteiger partial charge in [-0.1, -0.05) is 6.92 Å². The molecule has 8 heteroatoms. The average Bonchev–Trinajstić information content (AvgIpc) is 3.51. The van der Waals surface area contributed by atoms with Gasteiger partial charge in [-0.25, -0.2) is 8.42 Å². The Morgan fingerprint density at radius 3 is 2.18 bits per heavy atom. The summed E-state index contributed by atoms with van der Waals surface area (Å²) in [6.45, 7) is 6.42. The molecule has 28 heavy (non-hydrogen) atoms. The van der Waals surface area contributed by atoms with Gasteiger partial charge in [0, 0.05) is 51.8 Å². The molecule has 1 aliphatic carbocycles. The second-order valence-corrected chi connectivity index (χ2v) is 9.57. The molecule has 1 aromatic carbocycles. The Kier molecular flexibility index (Phi) is 6.40. The summed E-state index contributed by atoms with van der Waals surface area (Å²) in [7, 11) is -3.62. The smallest absolute Gasteiger partial charge is 0.253 e. The Balaban J connectivity index is 1.68. The lowest BCUT2D eigenvalue weighted by Crippen LogP contribution is -2.49. The van der Waals surface area contributed by atoms with Crippen molar-refractivity contribution in [2.75, 3.05) is 39.3 Å². The maximum absolute atomic E-state index is 12.9. The molecule has 1 aliphatic heterocycles. The van der Waals surface area contributed by atoms with Gasteiger partial charge in [-0.05, 0) is 49.4 Å². The van der Waals surface area contributed by atoms with Gasteiger partial charge in [0.05, 0.1) is 4.90 Å². The van der Waals surface area contributed by atoms with E-state index in [1.54, 1.807) is 17.0 Å². The van der Waals surface area contributed by atoms with Gasteiger partial charge in [0.15, 0.2) is 0 Å². The predicted octanol–water partition coefficient (Wildman–Crippen LogP) is 1.80. The van der Waals surface area contributed by atoms with Crippen molar-refractivity contribution >= 4 is 21.8 Å². The molecule has 0 spiro atoms. The molecule has 0 unspecified atom stereocenters. The van der Waals surface area contributed by atoms with E-state index in [0.29, 0.717) is 24.6 Å². The SMILES string of the molecule is CCCN(CC1CC1)C(=O)c1ccc(S(=O)(=O)N2CCN(C(C)=O)CC2)cc1. The van der Waals surface area contributed by atoms with E-state index in [2.05, 4.69) is 6.92 Å². The fourth-order valence-electron chi connectivity index (χ4n) is 3.50. The number of rotatable bonds is 7. The van der Waals surface area contributed by atoms with Gasteiger partial charge < -0.3 is 9.80 Å². The molecule has 1 heterocycles. The number of nitrogens with zero attached hydrogens (tertiary/aromatic N) is 3. The van der Waals surface area contributed by atoms with Crippen LogP contribution in [0, 0.1) is 5.92 Å². The lowest BCUT2D eigenvalue weighted by molar-refractivity contribution is -0.129. The van der Waals surface area contributed by atoms with Crippen LogP contribution in [-0.4, -0.2) is 73.6 Å². The van der Waals surface area contributed by atoms with E-state index in [1.165, 1.54) is 36.2 Å². The lowest BCUT2D eigenvalue weighted by atomic mass is 10.2. The van der Waals surface area contributed by atoms with Crippen LogP contribution >= 0.6 is 0 Å². The first kappa shape index (κ1) is 20.8. The zero-order valence-electron chi connectivity index (χ0n) is 16.6. The fourth-order valence-corrected chi connectivity index (χ4v) is 4.92. The maximum Gasteiger partial charge on any atom is 0.253 e. The van der Waals surface area contributed by atoms with E-state index in [9.17, 15) is 18.0 Å². The van der Waals surface area contributed by atoms with Crippen molar-refractivity contribution in [2.45, 2.75) is 38.0 Å². The molecular formula is C20H29N3O4S. The molecule has 1 saturated carbocycles. The number of carbonyl (C=O) groups excluding carboxylic acids is 2. The van der Waals surface area contributed by atoms with Gasteiger partial charge >= 0.3 is 0 Å². The molecule has 0 atom stereocenters. The molecule has 2 fully saturated rings. The largest absolute Gasteiger partial charge is 0.340 e. The van der Waals surface area contributed by atoms with Gasteiger partial charge in [-0.2, -0.15) is 4.31 Å². The topological polar surface area (TPSA) is 78.0 Å². The number of hydrogen-bond donors (Lipinski definition) is 0. The minimum Gasteiger partial charge on any atom is -0.340 e. The first-order chi connectivity index (χ1) is 13.3. The molecule has 3 rings (SSSR count). The summed E-state index contributed by atoms with van der Waals surface area (Å²) < 4.78 is 27.1. The first-order valence-corrected chi connectivity index (χ1v) is 11.4. The normalized spacial score (nSPS) is 18.1. The zero-order chi connectivity index (χ0) is 20.3. The van der Waals surface area contributed by atoms with E-state index in [0.717, 1.165) is 19.5 Å². The van der Waals surface area contributed by atoms with Crippen molar-refractivity contribution in [3.8, 4) is 0 Å². The highest BCUT2D eigenvalue weighted by Crippen LogP contribution is 2.30. The van der Waals surface area contributed by atoms with E-state index >= 15 is 0 Å². The van der Waals surface area contributed by atoms with Crippen LogP contribution in [-0.2, 0) is 14.8 Å². The van der Waals surface area contributed by atoms with Crippen molar-refractivity contribution in [1.82, 2.24) is 14.1 Å². The first-order valence-electron chi connectivity index (χ1n) is 9.98. The molecule has 1 saturated heterocycles. The van der Waals surface area contributed by atoms with Gasteiger partial charge in [0.1, 0.15) is 0 Å². The number of benzene rings is 1. The summed E-state index contributed by atoms with van der Waals surface area (Å²) in [6, 6.07) is 6.25. The van der Waals surface area contributed by atoms with Crippen LogP contribution < -0.4 is 0 Å². The third-order valence-corrected chi connectivity index (χ3v) is 7.29. The van der Waals surface area contributed by atoms with Gasteiger partial charge in [0.25, 0.3) is 5.91 Å². The van der Waals surface area contributed by atoms with E-state index < -0.39 is 10.0 Å². The van der Waals surface area contributed by atoms with E-state index in [-0.39, 0.29) is 29.8 Å². The van der Waals surface area contributed by atoms with Crippen molar-refractivity contribution < 1.29 is 18.0 Å². The molecule has 0 radical (unpaired) electrons. The van der Waals surface area contributed by atoms with Crippen molar-refractivity contribution in [3.05, 3.63) is 29.8 Å². The molecule has 2 amide bonds. The van der Waals surface area contributed by atoms with Crippen molar-refractivity contribution in [1.29, 1.82) is 0 Å². The monoisotopic (exact) mass is 407 g/mol. The average molecular weight is 408 g/mol. The van der Waals surface area contributed by atoms with Crippen LogP contribution in [0.2, 0.25) is 0 Å². The minimum absolute atomic E-state index is 0.0345. The Bertz CT molecular complexity index is 810. The molecule has 1 aromatic rings. The van der Waals surface area contributed by atoms with E-state index in [1.807, 2.05) is 4.90 Å². The van der Waals surface area contributed by atoms with Crippen LogP contribution in [0.15, 0.2) is 29.2 Å². The third kappa shape index (κ3) is 4.72. The van der Waals surface area contributed by atoms with Crippen LogP contribution in [0.4, 0.5) is 0 Å². The highest BCUT2D eigenvalue weighted by molar-refractivity contribution is 7.89. The van der Waals surface area contributed by atoms with Crippen LogP contribution in [0.3, 0.4) is 0 Å². The Labute approximate surface area is 167 Å². The van der Waals surface area contributed by atoms with Gasteiger partial charge in [-0.15, -0.1) is 0 Å². The summed E-state index contributed by atoms with van der Waals surface area (Å²) in [6.07, 6.45) is 3.26. The van der Waals surface area contributed by atoms with Crippen molar-refractivity contribution in [2.24, 2.45) is 5.92 Å². The van der Waals surface area contributed by atoms with Crippen LogP contribution in [0.1, 0.15) is 43.5 Å². The molecule has 0 bridgehead atoms. The van der Waals surface area contributed by atoms with E-state index in [4.69, 9.17) is 0 Å². The summed E-state index contributed by atoms with van der Waals surface area (Å²) in [5, 5.41) is 0. The second kappa shape index (κ2) is 8.61.